The summed E-state index contributed by atoms with van der Waals surface area (Å²) in [5.41, 5.74) is -0.328. The number of hydrogen-bond acceptors (Lipinski definition) is 4. The number of halogens is 1. The third-order valence-corrected chi connectivity index (χ3v) is 3.82. The Hall–Kier alpha value is -3.22. The summed E-state index contributed by atoms with van der Waals surface area (Å²) in [7, 11) is 0. The molecule has 0 spiro atoms. The Morgan fingerprint density at radius 2 is 1.76 bits per heavy atom. The number of esters is 1. The number of fused-ring (bicyclic) bond motifs is 1. The Morgan fingerprint density at radius 1 is 1.12 bits per heavy atom. The molecule has 7 heteroatoms. The second-order valence-electron chi connectivity index (χ2n) is 5.56. The first kappa shape index (κ1) is 16.6. The number of carbonyl (C=O) groups is 1. The van der Waals surface area contributed by atoms with Gasteiger partial charge in [0, 0.05) is 0 Å². The molecular formula is C18H15FN2O4. The molecular weight excluding hydrogens is 327 g/mol. The molecule has 1 atom stereocenters. The van der Waals surface area contributed by atoms with Gasteiger partial charge in [-0.25, -0.2) is 9.07 Å². The van der Waals surface area contributed by atoms with Crippen molar-refractivity contribution in [3.63, 3.8) is 0 Å². The van der Waals surface area contributed by atoms with Gasteiger partial charge in [-0.05, 0) is 36.8 Å². The number of hydrogen-bond donors (Lipinski definition) is 1. The van der Waals surface area contributed by atoms with Crippen molar-refractivity contribution in [3.05, 3.63) is 80.6 Å². The van der Waals surface area contributed by atoms with Crippen molar-refractivity contribution in [1.82, 2.24) is 9.78 Å². The van der Waals surface area contributed by atoms with Crippen LogP contribution in [0.25, 0.3) is 10.8 Å². The second-order valence-corrected chi connectivity index (χ2v) is 5.56. The monoisotopic (exact) mass is 342 g/mol. The molecule has 1 unspecified atom stereocenters. The van der Waals surface area contributed by atoms with E-state index in [1.807, 2.05) is 0 Å². The second kappa shape index (κ2) is 6.72. The van der Waals surface area contributed by atoms with Crippen molar-refractivity contribution in [3.8, 4) is 0 Å². The summed E-state index contributed by atoms with van der Waals surface area (Å²) in [6, 6.07) is 11.9. The van der Waals surface area contributed by atoms with Crippen LogP contribution in [-0.2, 0) is 16.1 Å². The third-order valence-electron chi connectivity index (χ3n) is 3.82. The highest BCUT2D eigenvalue weighted by atomic mass is 19.1. The van der Waals surface area contributed by atoms with E-state index in [0.717, 1.165) is 4.68 Å². The molecule has 0 aliphatic heterocycles. The molecule has 0 bridgehead atoms. The maximum absolute atomic E-state index is 12.9. The SMILES string of the molecule is CC(OC(=O)Cn1[nH]c(=O)c2ccccc2c1=O)c1ccc(F)cc1. The summed E-state index contributed by atoms with van der Waals surface area (Å²) in [4.78, 5) is 36.4. The summed E-state index contributed by atoms with van der Waals surface area (Å²) in [5, 5.41) is 2.86. The van der Waals surface area contributed by atoms with Crippen LogP contribution in [0.5, 0.6) is 0 Å². The zero-order chi connectivity index (χ0) is 18.0. The fourth-order valence-corrected chi connectivity index (χ4v) is 2.52. The van der Waals surface area contributed by atoms with Crippen LogP contribution in [0.1, 0.15) is 18.6 Å². The maximum atomic E-state index is 12.9. The Morgan fingerprint density at radius 3 is 2.44 bits per heavy atom. The van der Waals surface area contributed by atoms with Crippen LogP contribution in [0.15, 0.2) is 58.1 Å². The topological polar surface area (TPSA) is 81.2 Å². The highest BCUT2D eigenvalue weighted by Gasteiger charge is 2.15. The minimum Gasteiger partial charge on any atom is -0.456 e. The van der Waals surface area contributed by atoms with Gasteiger partial charge in [0.05, 0.1) is 10.8 Å². The number of aromatic amines is 1. The maximum Gasteiger partial charge on any atom is 0.328 e. The van der Waals surface area contributed by atoms with E-state index < -0.39 is 29.7 Å². The van der Waals surface area contributed by atoms with E-state index >= 15 is 0 Å². The molecule has 0 amide bonds. The van der Waals surface area contributed by atoms with Gasteiger partial charge >= 0.3 is 5.97 Å². The largest absolute Gasteiger partial charge is 0.456 e. The lowest BCUT2D eigenvalue weighted by atomic mass is 10.1. The Bertz CT molecular complexity index is 1040. The van der Waals surface area contributed by atoms with Gasteiger partial charge in [0.1, 0.15) is 18.5 Å². The number of benzene rings is 2. The lowest BCUT2D eigenvalue weighted by Crippen LogP contribution is -2.33. The average molecular weight is 342 g/mol. The van der Waals surface area contributed by atoms with Crippen molar-refractivity contribution in [2.45, 2.75) is 19.6 Å². The zero-order valence-corrected chi connectivity index (χ0v) is 13.4. The summed E-state index contributed by atoms with van der Waals surface area (Å²) >= 11 is 0. The van der Waals surface area contributed by atoms with Crippen LogP contribution in [0.2, 0.25) is 0 Å². The molecule has 0 radical (unpaired) electrons. The van der Waals surface area contributed by atoms with E-state index in [1.54, 1.807) is 19.1 Å². The lowest BCUT2D eigenvalue weighted by Gasteiger charge is -2.14. The van der Waals surface area contributed by atoms with E-state index in [1.165, 1.54) is 36.4 Å². The Kier molecular flexibility index (Phi) is 4.47. The smallest absolute Gasteiger partial charge is 0.328 e. The molecule has 3 rings (SSSR count). The molecule has 3 aromatic rings. The van der Waals surface area contributed by atoms with E-state index in [4.69, 9.17) is 4.74 Å². The normalized spacial score (nSPS) is 12.1. The molecule has 0 fully saturated rings. The van der Waals surface area contributed by atoms with Crippen molar-refractivity contribution in [2.75, 3.05) is 0 Å². The number of nitrogens with zero attached hydrogens (tertiary/aromatic N) is 1. The highest BCUT2D eigenvalue weighted by Crippen LogP contribution is 2.17. The summed E-state index contributed by atoms with van der Waals surface area (Å²) in [5.74, 6) is -1.08. The molecule has 0 aliphatic rings. The van der Waals surface area contributed by atoms with E-state index in [9.17, 15) is 18.8 Å². The fraction of sp³-hybridized carbons (Fsp3) is 0.167. The molecule has 25 heavy (non-hydrogen) atoms. The van der Waals surface area contributed by atoms with Crippen LogP contribution >= 0.6 is 0 Å². The van der Waals surface area contributed by atoms with Gasteiger partial charge in [0.2, 0.25) is 0 Å². The zero-order valence-electron chi connectivity index (χ0n) is 13.4. The number of ether oxygens (including phenoxy) is 1. The number of aromatic nitrogens is 2. The van der Waals surface area contributed by atoms with Crippen molar-refractivity contribution in [1.29, 1.82) is 0 Å². The fourth-order valence-electron chi connectivity index (χ4n) is 2.52. The van der Waals surface area contributed by atoms with Gasteiger partial charge in [-0.3, -0.25) is 19.5 Å². The first-order valence-electron chi connectivity index (χ1n) is 7.62. The molecule has 1 heterocycles. The molecule has 1 aromatic heterocycles. The third kappa shape index (κ3) is 3.50. The van der Waals surface area contributed by atoms with Gasteiger partial charge in [0.25, 0.3) is 11.1 Å². The number of nitrogens with one attached hydrogen (secondary N) is 1. The molecule has 0 saturated heterocycles. The van der Waals surface area contributed by atoms with Crippen molar-refractivity contribution >= 4 is 16.7 Å². The number of carbonyl (C=O) groups excluding carboxylic acids is 1. The predicted octanol–water partition coefficient (Wildman–Crippen LogP) is 2.13. The van der Waals surface area contributed by atoms with Gasteiger partial charge in [-0.2, -0.15) is 0 Å². The van der Waals surface area contributed by atoms with Crippen LogP contribution in [0.3, 0.4) is 0 Å². The lowest BCUT2D eigenvalue weighted by molar-refractivity contribution is -0.149. The van der Waals surface area contributed by atoms with Gasteiger partial charge in [-0.1, -0.05) is 24.3 Å². The standard InChI is InChI=1S/C18H15FN2O4/c1-11(12-6-8-13(19)9-7-12)25-16(22)10-21-18(24)15-5-3-2-4-14(15)17(23)20-21/h2-9,11H,10H2,1H3,(H,20,23). The molecule has 2 aromatic carbocycles. The molecule has 0 saturated carbocycles. The van der Waals surface area contributed by atoms with Crippen LogP contribution in [-0.4, -0.2) is 15.7 Å². The first-order chi connectivity index (χ1) is 12.0. The first-order valence-corrected chi connectivity index (χ1v) is 7.62. The van der Waals surface area contributed by atoms with Gasteiger partial charge in [-0.15, -0.1) is 0 Å². The summed E-state index contributed by atoms with van der Waals surface area (Å²) in [6.45, 7) is 1.21. The molecule has 128 valence electrons. The average Bonchev–Trinajstić information content (AvgIpc) is 2.60. The summed E-state index contributed by atoms with van der Waals surface area (Å²) in [6.07, 6.45) is -0.615. The number of rotatable bonds is 4. The van der Waals surface area contributed by atoms with Crippen LogP contribution in [0, 0.1) is 5.82 Å². The van der Waals surface area contributed by atoms with Crippen molar-refractivity contribution in [2.24, 2.45) is 0 Å². The van der Waals surface area contributed by atoms with Crippen molar-refractivity contribution < 1.29 is 13.9 Å². The van der Waals surface area contributed by atoms with Crippen LogP contribution in [0.4, 0.5) is 4.39 Å². The summed E-state index contributed by atoms with van der Waals surface area (Å²) < 4.78 is 19.1. The molecule has 0 aliphatic carbocycles. The molecule has 1 N–H and O–H groups in total. The number of H-pyrrole nitrogens is 1. The predicted molar refractivity (Wildman–Crippen MR) is 89.7 cm³/mol. The molecule has 6 nitrogen and oxygen atoms in total. The van der Waals surface area contributed by atoms with Gasteiger partial charge < -0.3 is 4.74 Å². The van der Waals surface area contributed by atoms with E-state index in [0.29, 0.717) is 5.56 Å². The van der Waals surface area contributed by atoms with E-state index in [-0.39, 0.29) is 16.6 Å². The highest BCUT2D eigenvalue weighted by molar-refractivity contribution is 5.80. The van der Waals surface area contributed by atoms with E-state index in [2.05, 4.69) is 5.10 Å². The van der Waals surface area contributed by atoms with Gasteiger partial charge in [0.15, 0.2) is 0 Å². The minimum atomic E-state index is -0.690. The Labute approximate surface area is 141 Å². The quantitative estimate of drug-likeness (QED) is 0.737. The Balaban J connectivity index is 1.80. The minimum absolute atomic E-state index is 0.227. The van der Waals surface area contributed by atoms with Crippen LogP contribution < -0.4 is 11.1 Å².